The van der Waals surface area contributed by atoms with Gasteiger partial charge in [-0.15, -0.1) is 11.3 Å². The summed E-state index contributed by atoms with van der Waals surface area (Å²) in [5.41, 5.74) is 0. The van der Waals surface area contributed by atoms with Crippen molar-refractivity contribution in [3.63, 3.8) is 0 Å². The first-order valence-electron chi connectivity index (χ1n) is 5.81. The number of nitrogens with one attached hydrogen (secondary N) is 1. The summed E-state index contributed by atoms with van der Waals surface area (Å²) in [6.45, 7) is 5.75. The Morgan fingerprint density at radius 2 is 2.29 bits per heavy atom. The van der Waals surface area contributed by atoms with E-state index in [9.17, 15) is 0 Å². The number of hydrogen-bond acceptors (Lipinski definition) is 5. The van der Waals surface area contributed by atoms with Crippen LogP contribution in [0.1, 0.15) is 20.3 Å². The molecular formula is C12H17N3OS. The van der Waals surface area contributed by atoms with Gasteiger partial charge in [0, 0.05) is 13.2 Å². The number of nitrogens with zero attached hydrogens (tertiary/aromatic N) is 2. The molecule has 0 bridgehead atoms. The van der Waals surface area contributed by atoms with Crippen molar-refractivity contribution in [3.05, 3.63) is 17.8 Å². The van der Waals surface area contributed by atoms with Gasteiger partial charge in [0.2, 0.25) is 0 Å². The van der Waals surface area contributed by atoms with Crippen molar-refractivity contribution >= 4 is 27.4 Å². The number of anilines is 1. The first-order valence-corrected chi connectivity index (χ1v) is 6.69. The Morgan fingerprint density at radius 1 is 1.41 bits per heavy atom. The molecule has 0 radical (unpaired) electrons. The van der Waals surface area contributed by atoms with Crippen LogP contribution in [0.15, 0.2) is 17.8 Å². The number of fused-ring (bicyclic) bond motifs is 1. The van der Waals surface area contributed by atoms with E-state index in [0.717, 1.165) is 35.6 Å². The molecule has 0 aliphatic carbocycles. The molecule has 0 aliphatic heterocycles. The van der Waals surface area contributed by atoms with Crippen LogP contribution in [0.4, 0.5) is 5.82 Å². The van der Waals surface area contributed by atoms with E-state index in [0.29, 0.717) is 6.10 Å². The van der Waals surface area contributed by atoms with Crippen molar-refractivity contribution < 1.29 is 4.74 Å². The second-order valence-electron chi connectivity index (χ2n) is 4.06. The highest BCUT2D eigenvalue weighted by atomic mass is 32.1. The molecule has 92 valence electrons. The lowest BCUT2D eigenvalue weighted by atomic mass is 10.3. The molecule has 5 heteroatoms. The number of ether oxygens (including phenoxy) is 1. The summed E-state index contributed by atoms with van der Waals surface area (Å²) in [5.74, 6) is 0.917. The van der Waals surface area contributed by atoms with Crippen molar-refractivity contribution in [2.45, 2.75) is 26.4 Å². The molecule has 1 N–H and O–H groups in total. The largest absolute Gasteiger partial charge is 0.379 e. The fourth-order valence-electron chi connectivity index (χ4n) is 1.53. The quantitative estimate of drug-likeness (QED) is 0.802. The van der Waals surface area contributed by atoms with Crippen LogP contribution < -0.4 is 5.32 Å². The Balaban J connectivity index is 1.84. The molecule has 0 atom stereocenters. The molecule has 2 aromatic heterocycles. The van der Waals surface area contributed by atoms with Gasteiger partial charge in [0.25, 0.3) is 0 Å². The molecule has 0 saturated carbocycles. The van der Waals surface area contributed by atoms with E-state index in [1.54, 1.807) is 17.7 Å². The predicted molar refractivity (Wildman–Crippen MR) is 71.6 cm³/mol. The smallest absolute Gasteiger partial charge is 0.138 e. The summed E-state index contributed by atoms with van der Waals surface area (Å²) in [6.07, 6.45) is 2.89. The van der Waals surface area contributed by atoms with Crippen molar-refractivity contribution in [3.8, 4) is 0 Å². The van der Waals surface area contributed by atoms with Gasteiger partial charge in [-0.25, -0.2) is 9.97 Å². The van der Waals surface area contributed by atoms with Gasteiger partial charge in [-0.2, -0.15) is 0 Å². The van der Waals surface area contributed by atoms with E-state index in [1.165, 1.54) is 0 Å². The normalized spacial score (nSPS) is 11.2. The van der Waals surface area contributed by atoms with Gasteiger partial charge in [0.05, 0.1) is 11.5 Å². The van der Waals surface area contributed by atoms with Gasteiger partial charge in [-0.05, 0) is 31.7 Å². The Hall–Kier alpha value is -1.20. The molecule has 17 heavy (non-hydrogen) atoms. The highest BCUT2D eigenvalue weighted by Gasteiger charge is 2.03. The Labute approximate surface area is 105 Å². The maximum absolute atomic E-state index is 5.48. The van der Waals surface area contributed by atoms with Crippen LogP contribution in [0.25, 0.3) is 10.2 Å². The van der Waals surface area contributed by atoms with Crippen LogP contribution in [-0.4, -0.2) is 29.2 Å². The highest BCUT2D eigenvalue weighted by molar-refractivity contribution is 7.16. The third-order valence-corrected chi connectivity index (χ3v) is 3.15. The van der Waals surface area contributed by atoms with Gasteiger partial charge in [0.1, 0.15) is 17.0 Å². The average Bonchev–Trinajstić information content (AvgIpc) is 2.77. The zero-order chi connectivity index (χ0) is 12.1. The molecule has 0 aromatic carbocycles. The molecule has 0 fully saturated rings. The summed E-state index contributed by atoms with van der Waals surface area (Å²) in [6, 6.07) is 2.05. The summed E-state index contributed by atoms with van der Waals surface area (Å²) in [5, 5.41) is 6.46. The maximum atomic E-state index is 5.48. The Bertz CT molecular complexity index is 469. The topological polar surface area (TPSA) is 47.0 Å². The highest BCUT2D eigenvalue weighted by Crippen LogP contribution is 2.23. The van der Waals surface area contributed by atoms with E-state index >= 15 is 0 Å². The van der Waals surface area contributed by atoms with Crippen molar-refractivity contribution in [1.29, 1.82) is 0 Å². The molecule has 0 amide bonds. The van der Waals surface area contributed by atoms with Crippen molar-refractivity contribution in [1.82, 2.24) is 9.97 Å². The first-order chi connectivity index (χ1) is 8.27. The predicted octanol–water partition coefficient (Wildman–Crippen LogP) is 2.92. The molecule has 2 aromatic rings. The van der Waals surface area contributed by atoms with Gasteiger partial charge in [0.15, 0.2) is 0 Å². The van der Waals surface area contributed by atoms with Crippen molar-refractivity contribution in [2.24, 2.45) is 0 Å². The minimum absolute atomic E-state index is 0.303. The lowest BCUT2D eigenvalue weighted by Gasteiger charge is -2.08. The maximum Gasteiger partial charge on any atom is 0.138 e. The van der Waals surface area contributed by atoms with E-state index in [2.05, 4.69) is 15.3 Å². The Morgan fingerprint density at radius 3 is 3.12 bits per heavy atom. The lowest BCUT2D eigenvalue weighted by Crippen LogP contribution is -2.10. The third-order valence-electron chi connectivity index (χ3n) is 2.33. The van der Waals surface area contributed by atoms with Crippen LogP contribution in [0.2, 0.25) is 0 Å². The zero-order valence-corrected chi connectivity index (χ0v) is 11.0. The molecule has 0 saturated heterocycles. The first kappa shape index (κ1) is 12.3. The van der Waals surface area contributed by atoms with Gasteiger partial charge < -0.3 is 10.1 Å². The van der Waals surface area contributed by atoms with Crippen LogP contribution in [0, 0.1) is 0 Å². The molecule has 2 rings (SSSR count). The monoisotopic (exact) mass is 251 g/mol. The van der Waals surface area contributed by atoms with Crippen LogP contribution in [0.5, 0.6) is 0 Å². The summed E-state index contributed by atoms with van der Waals surface area (Å²) in [7, 11) is 0. The van der Waals surface area contributed by atoms with Gasteiger partial charge >= 0.3 is 0 Å². The van der Waals surface area contributed by atoms with E-state index in [4.69, 9.17) is 4.74 Å². The van der Waals surface area contributed by atoms with E-state index < -0.39 is 0 Å². The summed E-state index contributed by atoms with van der Waals surface area (Å²) < 4.78 is 5.48. The number of thiophene rings is 1. The molecule has 2 heterocycles. The fourth-order valence-corrected chi connectivity index (χ4v) is 2.26. The summed E-state index contributed by atoms with van der Waals surface area (Å²) in [4.78, 5) is 9.50. The fraction of sp³-hybridized carbons (Fsp3) is 0.500. The minimum Gasteiger partial charge on any atom is -0.379 e. The number of aromatic nitrogens is 2. The molecule has 0 unspecified atom stereocenters. The Kier molecular flexibility index (Phi) is 4.28. The van der Waals surface area contributed by atoms with E-state index in [1.807, 2.05) is 25.3 Å². The third kappa shape index (κ3) is 3.38. The molecule has 0 aliphatic rings. The van der Waals surface area contributed by atoms with Gasteiger partial charge in [-0.1, -0.05) is 0 Å². The standard InChI is InChI=1S/C12H17N3OS/c1-9(2)16-6-3-5-13-11-10-4-7-17-12(10)15-8-14-11/h4,7-9H,3,5-6H2,1-2H3,(H,13,14,15). The van der Waals surface area contributed by atoms with Crippen LogP contribution in [0.3, 0.4) is 0 Å². The van der Waals surface area contributed by atoms with E-state index in [-0.39, 0.29) is 0 Å². The average molecular weight is 251 g/mol. The van der Waals surface area contributed by atoms with Gasteiger partial charge in [-0.3, -0.25) is 0 Å². The molecule has 4 nitrogen and oxygen atoms in total. The lowest BCUT2D eigenvalue weighted by molar-refractivity contribution is 0.0787. The SMILES string of the molecule is CC(C)OCCCNc1ncnc2sccc12. The van der Waals surface area contributed by atoms with Crippen LogP contribution in [-0.2, 0) is 4.74 Å². The number of rotatable bonds is 6. The second-order valence-corrected chi connectivity index (χ2v) is 4.96. The van der Waals surface area contributed by atoms with Crippen LogP contribution >= 0.6 is 11.3 Å². The minimum atomic E-state index is 0.303. The number of hydrogen-bond donors (Lipinski definition) is 1. The summed E-state index contributed by atoms with van der Waals surface area (Å²) >= 11 is 1.63. The molecular weight excluding hydrogens is 234 g/mol. The molecule has 0 spiro atoms. The zero-order valence-electron chi connectivity index (χ0n) is 10.1. The van der Waals surface area contributed by atoms with Crippen molar-refractivity contribution in [2.75, 3.05) is 18.5 Å². The second kappa shape index (κ2) is 5.93.